The Morgan fingerprint density at radius 3 is 2.41 bits per heavy atom. The van der Waals surface area contributed by atoms with Crippen molar-refractivity contribution in [2.24, 2.45) is 22.7 Å². The van der Waals surface area contributed by atoms with E-state index in [1.54, 1.807) is 5.32 Å². The lowest BCUT2D eigenvalue weighted by Gasteiger charge is -2.37. The Kier molecular flexibility index (Phi) is 7.56. The van der Waals surface area contributed by atoms with Gasteiger partial charge in [0.05, 0.1) is 22.7 Å². The molecule has 3 N–H and O–H groups in total. The number of nitrogens with zero attached hydrogens (tertiary/aromatic N) is 2. The van der Waals surface area contributed by atoms with Gasteiger partial charge in [-0.15, -0.1) is 0 Å². The molecule has 2 unspecified atom stereocenters. The van der Waals surface area contributed by atoms with Crippen LogP contribution in [0.2, 0.25) is 5.02 Å². The van der Waals surface area contributed by atoms with Crippen molar-refractivity contribution in [3.63, 3.8) is 0 Å². The van der Waals surface area contributed by atoms with Crippen molar-refractivity contribution in [2.45, 2.75) is 71.3 Å². The maximum atomic E-state index is 14.0. The molecule has 2 fully saturated rings. The van der Waals surface area contributed by atoms with E-state index in [2.05, 4.69) is 10.6 Å². The van der Waals surface area contributed by atoms with Gasteiger partial charge in [0, 0.05) is 6.54 Å². The van der Waals surface area contributed by atoms with Crippen LogP contribution in [-0.4, -0.2) is 59.4 Å². The molecule has 0 radical (unpaired) electrons. The second-order valence-electron chi connectivity index (χ2n) is 12.5. The van der Waals surface area contributed by atoms with E-state index in [0.717, 1.165) is 12.1 Å². The molecule has 0 bridgehead atoms. The van der Waals surface area contributed by atoms with Crippen molar-refractivity contribution in [2.75, 3.05) is 11.9 Å². The van der Waals surface area contributed by atoms with Crippen LogP contribution in [0.4, 0.5) is 23.2 Å². The van der Waals surface area contributed by atoms with Crippen molar-refractivity contribution in [1.29, 1.82) is 5.26 Å². The zero-order valence-corrected chi connectivity index (χ0v) is 23.7. The summed E-state index contributed by atoms with van der Waals surface area (Å²) in [6.45, 7) is 8.36. The summed E-state index contributed by atoms with van der Waals surface area (Å²) in [4.78, 5) is 52.8. The molecule has 0 aromatic heterocycles. The largest absolute Gasteiger partial charge is 0.471 e. The minimum Gasteiger partial charge on any atom is -0.339 e. The highest BCUT2D eigenvalue weighted by Crippen LogP contribution is 2.65. The minimum absolute atomic E-state index is 0.0125. The van der Waals surface area contributed by atoms with Crippen LogP contribution in [0.5, 0.6) is 0 Å². The Morgan fingerprint density at radius 1 is 1.22 bits per heavy atom. The van der Waals surface area contributed by atoms with Crippen molar-refractivity contribution < 1.29 is 36.7 Å². The monoisotopic (exact) mass is 599 g/mol. The number of benzene rings is 1. The maximum Gasteiger partial charge on any atom is 0.471 e. The second kappa shape index (κ2) is 10.2. The average Bonchev–Trinajstić information content (AvgIpc) is 3.15. The van der Waals surface area contributed by atoms with Crippen LogP contribution in [-0.2, 0) is 19.2 Å². The average molecular weight is 600 g/mol. The van der Waals surface area contributed by atoms with Gasteiger partial charge in [0.15, 0.2) is 0 Å². The molecule has 1 saturated heterocycles. The first-order valence-corrected chi connectivity index (χ1v) is 13.3. The van der Waals surface area contributed by atoms with Crippen LogP contribution >= 0.6 is 11.6 Å². The van der Waals surface area contributed by atoms with Gasteiger partial charge >= 0.3 is 12.1 Å². The number of amides is 4. The Labute approximate surface area is 238 Å². The molecule has 4 rings (SSSR count). The van der Waals surface area contributed by atoms with Crippen molar-refractivity contribution in [1.82, 2.24) is 15.5 Å². The normalized spacial score (nSPS) is 25.8. The van der Waals surface area contributed by atoms with Crippen LogP contribution in [0.1, 0.15) is 52.5 Å². The SMILES string of the molecule is CC(C)(C)C(NC(=O)C(F)(F)F)C(=O)N1C[C@H]2[C@@H]([C@H]1C(=O)N[C@H](C#N)CC1C(=O)Nc3c(Cl)cc(F)cc31)C2(C)C. The second-order valence-corrected chi connectivity index (χ2v) is 12.9. The van der Waals surface area contributed by atoms with Crippen LogP contribution < -0.4 is 16.0 Å². The predicted molar refractivity (Wildman–Crippen MR) is 139 cm³/mol. The van der Waals surface area contributed by atoms with E-state index >= 15 is 0 Å². The fourth-order valence-corrected chi connectivity index (χ4v) is 6.32. The Hall–Kier alpha value is -3.40. The van der Waals surface area contributed by atoms with E-state index in [1.807, 2.05) is 19.9 Å². The molecule has 9 nitrogen and oxygen atoms in total. The standard InChI is InChI=1S/C27H30ClF4N5O4/c1-25(2,3)20(36-24(41)27(30,31)32)23(40)37-10-15-17(26(15,4)5)19(37)22(39)34-12(9-33)8-14-13-6-11(29)7-16(28)18(13)35-21(14)38/h6-7,12,14-15,17,19-20H,8,10H2,1-5H3,(H,34,39)(H,35,38)(H,36,41)/t12-,14?,15-,17-,19-,20?/m0/s1. The lowest BCUT2D eigenvalue weighted by molar-refractivity contribution is -0.176. The molecule has 1 saturated carbocycles. The number of carbonyl (C=O) groups excluding carboxylic acids is 4. The first-order valence-electron chi connectivity index (χ1n) is 13.0. The lowest BCUT2D eigenvalue weighted by atomic mass is 9.85. The number of likely N-dealkylation sites (tertiary alicyclic amines) is 1. The van der Waals surface area contributed by atoms with Gasteiger partial charge < -0.3 is 20.9 Å². The Bertz CT molecular complexity index is 1350. The number of alkyl halides is 3. The molecule has 3 aliphatic rings. The zero-order chi connectivity index (χ0) is 30.8. The third-order valence-electron chi connectivity index (χ3n) is 8.38. The summed E-state index contributed by atoms with van der Waals surface area (Å²) in [6, 6.07) is 0.143. The number of hydrogen-bond donors (Lipinski definition) is 3. The fraction of sp³-hybridized carbons (Fsp3) is 0.593. The summed E-state index contributed by atoms with van der Waals surface area (Å²) in [5, 5.41) is 16.7. The van der Waals surface area contributed by atoms with E-state index in [1.165, 1.54) is 25.7 Å². The molecule has 2 heterocycles. The number of nitriles is 1. The van der Waals surface area contributed by atoms with E-state index < -0.39 is 65.1 Å². The van der Waals surface area contributed by atoms with E-state index in [4.69, 9.17) is 11.6 Å². The highest BCUT2D eigenvalue weighted by molar-refractivity contribution is 6.34. The van der Waals surface area contributed by atoms with Gasteiger partial charge in [-0.3, -0.25) is 19.2 Å². The molecule has 1 aromatic carbocycles. The molecule has 41 heavy (non-hydrogen) atoms. The summed E-state index contributed by atoms with van der Waals surface area (Å²) in [5.74, 6) is -6.50. The van der Waals surface area contributed by atoms with Gasteiger partial charge in [0.25, 0.3) is 0 Å². The third kappa shape index (κ3) is 5.58. The summed E-state index contributed by atoms with van der Waals surface area (Å²) in [7, 11) is 0. The summed E-state index contributed by atoms with van der Waals surface area (Å²) < 4.78 is 53.1. The summed E-state index contributed by atoms with van der Waals surface area (Å²) >= 11 is 6.04. The fourth-order valence-electron chi connectivity index (χ4n) is 6.06. The number of piperidine rings is 1. The first-order chi connectivity index (χ1) is 18.8. The number of halogens is 5. The Morgan fingerprint density at radius 2 is 1.85 bits per heavy atom. The maximum absolute atomic E-state index is 14.0. The molecule has 1 aromatic rings. The van der Waals surface area contributed by atoms with Crippen molar-refractivity contribution in [3.8, 4) is 6.07 Å². The van der Waals surface area contributed by atoms with Crippen LogP contribution in [0, 0.1) is 39.8 Å². The lowest BCUT2D eigenvalue weighted by Crippen LogP contribution is -2.61. The molecular weight excluding hydrogens is 570 g/mol. The third-order valence-corrected chi connectivity index (χ3v) is 8.67. The van der Waals surface area contributed by atoms with E-state index in [9.17, 15) is 42.0 Å². The number of nitrogens with one attached hydrogen (secondary N) is 3. The summed E-state index contributed by atoms with van der Waals surface area (Å²) in [6.07, 6.45) is -5.43. The number of hydrogen-bond acceptors (Lipinski definition) is 5. The number of fused-ring (bicyclic) bond motifs is 2. The van der Waals surface area contributed by atoms with Gasteiger partial charge in [0.1, 0.15) is 23.9 Å². The van der Waals surface area contributed by atoms with Crippen molar-refractivity contribution in [3.05, 3.63) is 28.5 Å². The van der Waals surface area contributed by atoms with E-state index in [-0.39, 0.29) is 46.5 Å². The van der Waals surface area contributed by atoms with Gasteiger partial charge in [-0.1, -0.05) is 46.2 Å². The van der Waals surface area contributed by atoms with E-state index in [0.29, 0.717) is 0 Å². The number of rotatable bonds is 6. The first kappa shape index (κ1) is 30.6. The molecule has 6 atom stereocenters. The molecule has 222 valence electrons. The molecule has 4 amide bonds. The topological polar surface area (TPSA) is 131 Å². The Balaban J connectivity index is 1.56. The van der Waals surface area contributed by atoms with Gasteiger partial charge in [-0.05, 0) is 46.8 Å². The molecule has 0 spiro atoms. The molecule has 1 aliphatic carbocycles. The van der Waals surface area contributed by atoms with Gasteiger partial charge in [-0.25, -0.2) is 4.39 Å². The summed E-state index contributed by atoms with van der Waals surface area (Å²) in [5.41, 5.74) is -1.03. The van der Waals surface area contributed by atoms with Crippen molar-refractivity contribution >= 4 is 40.9 Å². The van der Waals surface area contributed by atoms with Crippen LogP contribution in [0.3, 0.4) is 0 Å². The zero-order valence-electron chi connectivity index (χ0n) is 23.0. The predicted octanol–water partition coefficient (Wildman–Crippen LogP) is 3.49. The van der Waals surface area contributed by atoms with Gasteiger partial charge in [0.2, 0.25) is 17.7 Å². The molecule has 2 aliphatic heterocycles. The van der Waals surface area contributed by atoms with Gasteiger partial charge in [-0.2, -0.15) is 18.4 Å². The quantitative estimate of drug-likeness (QED) is 0.431. The highest BCUT2D eigenvalue weighted by atomic mass is 35.5. The number of carbonyl (C=O) groups is 4. The van der Waals surface area contributed by atoms with Crippen LogP contribution in [0.15, 0.2) is 12.1 Å². The molecular formula is C27H30ClF4N5O4. The smallest absolute Gasteiger partial charge is 0.339 e. The number of anilines is 1. The molecule has 14 heteroatoms. The van der Waals surface area contributed by atoms with Crippen LogP contribution in [0.25, 0.3) is 0 Å². The highest BCUT2D eigenvalue weighted by Gasteiger charge is 2.70. The minimum atomic E-state index is -5.21.